The zero-order chi connectivity index (χ0) is 16.9. The van der Waals surface area contributed by atoms with Crippen LogP contribution >= 0.6 is 11.3 Å². The lowest BCUT2D eigenvalue weighted by atomic mass is 10.2. The number of rotatable bonds is 5. The van der Waals surface area contributed by atoms with Gasteiger partial charge in [-0.1, -0.05) is 30.3 Å². The molecule has 0 atom stereocenters. The average Bonchev–Trinajstić information content (AvgIpc) is 3.06. The lowest BCUT2D eigenvalue weighted by Crippen LogP contribution is -2.11. The van der Waals surface area contributed by atoms with Crippen LogP contribution in [-0.4, -0.2) is 18.0 Å². The summed E-state index contributed by atoms with van der Waals surface area (Å²) < 4.78 is 18.8. The van der Waals surface area contributed by atoms with Crippen LogP contribution in [0.2, 0.25) is 0 Å². The highest BCUT2D eigenvalue weighted by atomic mass is 32.1. The van der Waals surface area contributed by atoms with Gasteiger partial charge in [0.2, 0.25) is 0 Å². The van der Waals surface area contributed by atoms with Gasteiger partial charge in [-0.05, 0) is 17.7 Å². The van der Waals surface area contributed by atoms with Crippen LogP contribution in [0, 0.1) is 5.82 Å². The number of aromatic nitrogens is 1. The third-order valence-corrected chi connectivity index (χ3v) is 4.40. The molecule has 2 aromatic carbocycles. The van der Waals surface area contributed by atoms with E-state index in [1.165, 1.54) is 36.8 Å². The van der Waals surface area contributed by atoms with Gasteiger partial charge in [0.15, 0.2) is 0 Å². The number of carbonyl (C=O) groups excluding carboxylic acids is 1. The number of nitrogens with one attached hydrogen (secondary N) is 1. The smallest absolute Gasteiger partial charge is 0.267 e. The Bertz CT molecular complexity index is 849. The second-order valence-electron chi connectivity index (χ2n) is 5.08. The molecular weight excluding hydrogens is 327 g/mol. The summed E-state index contributed by atoms with van der Waals surface area (Å²) in [5, 5.41) is 3.39. The summed E-state index contributed by atoms with van der Waals surface area (Å²) >= 11 is 1.30. The molecule has 0 saturated heterocycles. The van der Waals surface area contributed by atoms with Crippen molar-refractivity contribution in [1.82, 2.24) is 4.98 Å². The molecule has 0 aliphatic rings. The quantitative estimate of drug-likeness (QED) is 0.758. The maximum absolute atomic E-state index is 13.9. The fourth-order valence-electron chi connectivity index (χ4n) is 2.18. The number of benzene rings is 2. The van der Waals surface area contributed by atoms with Crippen LogP contribution in [0.25, 0.3) is 0 Å². The average molecular weight is 342 g/mol. The van der Waals surface area contributed by atoms with Crippen LogP contribution in [0.15, 0.2) is 54.7 Å². The molecule has 0 spiro atoms. The molecule has 1 heterocycles. The monoisotopic (exact) mass is 342 g/mol. The molecule has 122 valence electrons. The number of anilines is 1. The molecule has 3 aromatic rings. The number of halogens is 1. The minimum Gasteiger partial charge on any atom is -0.497 e. The highest BCUT2D eigenvalue weighted by molar-refractivity contribution is 7.13. The fourth-order valence-corrected chi connectivity index (χ4v) is 3.02. The fraction of sp³-hybridized carbons (Fsp3) is 0.111. The molecule has 0 aliphatic heterocycles. The molecule has 1 amide bonds. The van der Waals surface area contributed by atoms with Gasteiger partial charge in [0.1, 0.15) is 16.4 Å². The van der Waals surface area contributed by atoms with Gasteiger partial charge in [0.05, 0.1) is 24.0 Å². The third kappa shape index (κ3) is 3.78. The SMILES string of the molecule is COc1ccc(NC(=O)c2cnc(Cc3ccccc3)s2)c(F)c1. The Hall–Kier alpha value is -2.73. The van der Waals surface area contributed by atoms with E-state index < -0.39 is 5.82 Å². The normalized spacial score (nSPS) is 10.4. The minimum absolute atomic E-state index is 0.110. The molecule has 0 fully saturated rings. The Balaban J connectivity index is 1.70. The molecule has 0 radical (unpaired) electrons. The highest BCUT2D eigenvalue weighted by Crippen LogP contribution is 2.22. The lowest BCUT2D eigenvalue weighted by molar-refractivity contribution is 0.103. The number of amides is 1. The lowest BCUT2D eigenvalue weighted by Gasteiger charge is -2.06. The van der Waals surface area contributed by atoms with Crippen LogP contribution in [0.5, 0.6) is 5.75 Å². The van der Waals surface area contributed by atoms with Gasteiger partial charge in [-0.3, -0.25) is 4.79 Å². The summed E-state index contributed by atoms with van der Waals surface area (Å²) in [6, 6.07) is 14.2. The number of methoxy groups -OCH3 is 1. The highest BCUT2D eigenvalue weighted by Gasteiger charge is 2.13. The predicted octanol–water partition coefficient (Wildman–Crippen LogP) is 4.13. The number of thiazole rings is 1. The van der Waals surface area contributed by atoms with Gasteiger partial charge >= 0.3 is 0 Å². The van der Waals surface area contributed by atoms with Gasteiger partial charge in [-0.2, -0.15) is 0 Å². The Kier molecular flexibility index (Phi) is 4.86. The van der Waals surface area contributed by atoms with Crippen molar-refractivity contribution < 1.29 is 13.9 Å². The second-order valence-corrected chi connectivity index (χ2v) is 6.20. The van der Waals surface area contributed by atoms with Crippen molar-refractivity contribution in [3.63, 3.8) is 0 Å². The molecule has 4 nitrogen and oxygen atoms in total. The summed E-state index contributed by atoms with van der Waals surface area (Å²) in [6.07, 6.45) is 2.18. The van der Waals surface area contributed by atoms with Crippen LogP contribution < -0.4 is 10.1 Å². The maximum Gasteiger partial charge on any atom is 0.267 e. The number of ether oxygens (including phenoxy) is 1. The van der Waals surface area contributed by atoms with Crippen molar-refractivity contribution in [3.05, 3.63) is 76.0 Å². The topological polar surface area (TPSA) is 51.2 Å². The van der Waals surface area contributed by atoms with E-state index in [0.717, 1.165) is 10.6 Å². The van der Waals surface area contributed by atoms with Crippen LogP contribution in [-0.2, 0) is 6.42 Å². The first kappa shape index (κ1) is 16.1. The second kappa shape index (κ2) is 7.23. The van der Waals surface area contributed by atoms with Crippen LogP contribution in [0.1, 0.15) is 20.2 Å². The summed E-state index contributed by atoms with van der Waals surface area (Å²) in [4.78, 5) is 17.0. The molecule has 0 unspecified atom stereocenters. The molecule has 1 aromatic heterocycles. The molecule has 1 N–H and O–H groups in total. The van der Waals surface area contributed by atoms with E-state index in [-0.39, 0.29) is 11.6 Å². The predicted molar refractivity (Wildman–Crippen MR) is 92.3 cm³/mol. The van der Waals surface area contributed by atoms with Crippen molar-refractivity contribution >= 4 is 22.9 Å². The Labute approximate surface area is 142 Å². The molecule has 0 aliphatic carbocycles. The number of hydrogen-bond acceptors (Lipinski definition) is 4. The Morgan fingerprint density at radius 3 is 2.75 bits per heavy atom. The van der Waals surface area contributed by atoms with Crippen molar-refractivity contribution in [3.8, 4) is 5.75 Å². The maximum atomic E-state index is 13.9. The minimum atomic E-state index is -0.545. The molecule has 3 rings (SSSR count). The summed E-state index contributed by atoms with van der Waals surface area (Å²) in [5.74, 6) is -0.527. The molecule has 6 heteroatoms. The first-order valence-electron chi connectivity index (χ1n) is 7.29. The standard InChI is InChI=1S/C18H15FN2O2S/c1-23-13-7-8-15(14(19)10-13)21-18(22)16-11-20-17(24-16)9-12-5-3-2-4-6-12/h2-8,10-11H,9H2,1H3,(H,21,22). The molecular formula is C18H15FN2O2S. The van der Waals surface area contributed by atoms with Gasteiger partial charge in [-0.25, -0.2) is 9.37 Å². The largest absolute Gasteiger partial charge is 0.497 e. The van der Waals surface area contributed by atoms with Crippen LogP contribution in [0.3, 0.4) is 0 Å². The zero-order valence-electron chi connectivity index (χ0n) is 13.0. The Morgan fingerprint density at radius 1 is 1.25 bits per heavy atom. The van der Waals surface area contributed by atoms with E-state index in [1.807, 2.05) is 30.3 Å². The first-order valence-corrected chi connectivity index (χ1v) is 8.11. The van der Waals surface area contributed by atoms with E-state index >= 15 is 0 Å². The summed E-state index contributed by atoms with van der Waals surface area (Å²) in [5.41, 5.74) is 1.24. The first-order chi connectivity index (χ1) is 11.7. The number of hydrogen-bond donors (Lipinski definition) is 1. The van der Waals surface area contributed by atoms with Gasteiger partial charge in [0, 0.05) is 12.5 Å². The van der Waals surface area contributed by atoms with Crippen molar-refractivity contribution in [1.29, 1.82) is 0 Å². The summed E-state index contributed by atoms with van der Waals surface area (Å²) in [7, 11) is 1.46. The number of carbonyl (C=O) groups is 1. The summed E-state index contributed by atoms with van der Waals surface area (Å²) in [6.45, 7) is 0. The molecule has 24 heavy (non-hydrogen) atoms. The van der Waals surface area contributed by atoms with Crippen LogP contribution in [0.4, 0.5) is 10.1 Å². The van der Waals surface area contributed by atoms with Gasteiger partial charge in [-0.15, -0.1) is 11.3 Å². The van der Waals surface area contributed by atoms with Crippen molar-refractivity contribution in [2.24, 2.45) is 0 Å². The third-order valence-electron chi connectivity index (χ3n) is 3.40. The number of nitrogens with zero attached hydrogens (tertiary/aromatic N) is 1. The van der Waals surface area contributed by atoms with E-state index in [1.54, 1.807) is 6.07 Å². The van der Waals surface area contributed by atoms with Gasteiger partial charge in [0.25, 0.3) is 5.91 Å². The Morgan fingerprint density at radius 2 is 2.04 bits per heavy atom. The molecule has 0 bridgehead atoms. The van der Waals surface area contributed by atoms with Crippen molar-refractivity contribution in [2.45, 2.75) is 6.42 Å². The van der Waals surface area contributed by atoms with Gasteiger partial charge < -0.3 is 10.1 Å². The molecule has 0 saturated carbocycles. The van der Waals surface area contributed by atoms with E-state index in [2.05, 4.69) is 10.3 Å². The van der Waals surface area contributed by atoms with E-state index in [0.29, 0.717) is 17.0 Å². The van der Waals surface area contributed by atoms with Crippen molar-refractivity contribution in [2.75, 3.05) is 12.4 Å². The van der Waals surface area contributed by atoms with E-state index in [4.69, 9.17) is 4.74 Å². The van der Waals surface area contributed by atoms with E-state index in [9.17, 15) is 9.18 Å². The zero-order valence-corrected chi connectivity index (χ0v) is 13.8.